The van der Waals surface area contributed by atoms with Gasteiger partial charge >= 0.3 is 0 Å². The molecule has 0 aliphatic carbocycles. The number of hydrogen-bond donors (Lipinski definition) is 1. The Balaban J connectivity index is 1.73. The van der Waals surface area contributed by atoms with E-state index < -0.39 is 5.60 Å². The highest BCUT2D eigenvalue weighted by Gasteiger charge is 2.25. The van der Waals surface area contributed by atoms with E-state index in [1.54, 1.807) is 0 Å². The molecule has 158 valence electrons. The monoisotopic (exact) mass is 426 g/mol. The average Bonchev–Trinajstić information content (AvgIpc) is 2.99. The lowest BCUT2D eigenvalue weighted by Crippen LogP contribution is -2.35. The molecule has 30 heavy (non-hydrogen) atoms. The fraction of sp³-hybridized carbons (Fsp3) is 0.360. The molecule has 0 saturated heterocycles. The lowest BCUT2D eigenvalue weighted by molar-refractivity contribution is 0.0558. The van der Waals surface area contributed by atoms with Gasteiger partial charge in [0.25, 0.3) is 0 Å². The summed E-state index contributed by atoms with van der Waals surface area (Å²) < 4.78 is 15.6. The van der Waals surface area contributed by atoms with Crippen molar-refractivity contribution < 1.29 is 9.50 Å². The van der Waals surface area contributed by atoms with E-state index in [0.717, 1.165) is 54.2 Å². The van der Waals surface area contributed by atoms with Gasteiger partial charge in [0, 0.05) is 48.4 Å². The van der Waals surface area contributed by atoms with Gasteiger partial charge in [0.1, 0.15) is 5.82 Å². The minimum Gasteiger partial charge on any atom is -0.390 e. The Bertz CT molecular complexity index is 1090. The SMILES string of the molecule is C/C(=C\n1c2c(c3cc(Cl)ccc31)CN(CCC(C)(C)O)CC2)c1ccc(F)cc1. The molecule has 0 amide bonds. The van der Waals surface area contributed by atoms with Crippen molar-refractivity contribution >= 4 is 34.3 Å². The molecule has 4 rings (SSSR count). The first-order valence-corrected chi connectivity index (χ1v) is 10.8. The van der Waals surface area contributed by atoms with Gasteiger partial charge in [-0.3, -0.25) is 4.90 Å². The van der Waals surface area contributed by atoms with Gasteiger partial charge in [0.05, 0.1) is 11.1 Å². The highest BCUT2D eigenvalue weighted by atomic mass is 35.5. The summed E-state index contributed by atoms with van der Waals surface area (Å²) in [6, 6.07) is 12.7. The quantitative estimate of drug-likeness (QED) is 0.544. The van der Waals surface area contributed by atoms with Crippen molar-refractivity contribution in [1.82, 2.24) is 9.47 Å². The van der Waals surface area contributed by atoms with Crippen molar-refractivity contribution in [2.24, 2.45) is 0 Å². The smallest absolute Gasteiger partial charge is 0.123 e. The van der Waals surface area contributed by atoms with E-state index in [2.05, 4.69) is 28.7 Å². The summed E-state index contributed by atoms with van der Waals surface area (Å²) in [7, 11) is 0. The highest BCUT2D eigenvalue weighted by molar-refractivity contribution is 6.31. The molecule has 3 aromatic rings. The van der Waals surface area contributed by atoms with Crippen LogP contribution in [0.5, 0.6) is 0 Å². The van der Waals surface area contributed by atoms with Crippen molar-refractivity contribution in [1.29, 1.82) is 0 Å². The number of halogens is 2. The van der Waals surface area contributed by atoms with E-state index in [1.807, 2.05) is 38.1 Å². The molecule has 1 aliphatic heterocycles. The molecular weight excluding hydrogens is 399 g/mol. The molecule has 0 saturated carbocycles. The van der Waals surface area contributed by atoms with Crippen LogP contribution in [0.2, 0.25) is 5.02 Å². The summed E-state index contributed by atoms with van der Waals surface area (Å²) in [6.45, 7) is 8.43. The van der Waals surface area contributed by atoms with E-state index in [9.17, 15) is 9.50 Å². The Morgan fingerprint density at radius 1 is 1.20 bits per heavy atom. The molecule has 5 heteroatoms. The van der Waals surface area contributed by atoms with Gasteiger partial charge in [0.2, 0.25) is 0 Å². The van der Waals surface area contributed by atoms with E-state index >= 15 is 0 Å². The third-order valence-corrected chi connectivity index (χ3v) is 6.13. The van der Waals surface area contributed by atoms with Gasteiger partial charge < -0.3 is 9.67 Å². The van der Waals surface area contributed by atoms with Gasteiger partial charge in [-0.2, -0.15) is 0 Å². The molecule has 1 aliphatic rings. The van der Waals surface area contributed by atoms with Crippen LogP contribution in [0.3, 0.4) is 0 Å². The Hall–Kier alpha value is -2.14. The summed E-state index contributed by atoms with van der Waals surface area (Å²) in [5.41, 5.74) is 5.16. The molecular formula is C25H28ClFN2O. The average molecular weight is 427 g/mol. The lowest BCUT2D eigenvalue weighted by Gasteiger charge is -2.30. The summed E-state index contributed by atoms with van der Waals surface area (Å²) >= 11 is 6.34. The zero-order valence-electron chi connectivity index (χ0n) is 17.8. The maximum absolute atomic E-state index is 13.3. The van der Waals surface area contributed by atoms with Crippen LogP contribution in [0.1, 0.15) is 44.0 Å². The first kappa shape index (κ1) is 21.1. The number of allylic oxidation sites excluding steroid dienone is 1. The predicted molar refractivity (Wildman–Crippen MR) is 123 cm³/mol. The van der Waals surface area contributed by atoms with Crippen molar-refractivity contribution in [2.45, 2.75) is 45.8 Å². The topological polar surface area (TPSA) is 28.4 Å². The Morgan fingerprint density at radius 2 is 1.93 bits per heavy atom. The number of rotatable bonds is 5. The maximum Gasteiger partial charge on any atom is 0.123 e. The number of fused-ring (bicyclic) bond motifs is 3. The van der Waals surface area contributed by atoms with E-state index in [1.165, 1.54) is 28.8 Å². The highest BCUT2D eigenvalue weighted by Crippen LogP contribution is 2.34. The second kappa shape index (κ2) is 8.18. The fourth-order valence-electron chi connectivity index (χ4n) is 4.17. The van der Waals surface area contributed by atoms with Crippen molar-refractivity contribution in [3.8, 4) is 0 Å². The molecule has 2 heterocycles. The maximum atomic E-state index is 13.3. The van der Waals surface area contributed by atoms with Crippen LogP contribution >= 0.6 is 11.6 Å². The largest absolute Gasteiger partial charge is 0.390 e. The zero-order chi connectivity index (χ0) is 21.5. The van der Waals surface area contributed by atoms with Crippen LogP contribution in [0, 0.1) is 5.82 Å². The molecule has 1 aromatic heterocycles. The van der Waals surface area contributed by atoms with Gasteiger partial charge in [-0.05, 0) is 74.2 Å². The van der Waals surface area contributed by atoms with E-state index in [-0.39, 0.29) is 5.82 Å². The number of nitrogens with zero attached hydrogens (tertiary/aromatic N) is 2. The molecule has 0 spiro atoms. The van der Waals surface area contributed by atoms with Crippen LogP contribution in [0.25, 0.3) is 22.7 Å². The van der Waals surface area contributed by atoms with Crippen molar-refractivity contribution in [3.63, 3.8) is 0 Å². The normalized spacial score (nSPS) is 15.6. The number of aliphatic hydroxyl groups is 1. The van der Waals surface area contributed by atoms with Gasteiger partial charge in [0.15, 0.2) is 0 Å². The van der Waals surface area contributed by atoms with Crippen LogP contribution in [0.15, 0.2) is 42.5 Å². The predicted octanol–water partition coefficient (Wildman–Crippen LogP) is 5.97. The minimum atomic E-state index is -0.660. The van der Waals surface area contributed by atoms with Crippen LogP contribution in [-0.2, 0) is 13.0 Å². The standard InChI is InChI=1S/C25H28ClFN2O/c1-17(18-4-7-20(27)8-5-18)15-29-23-9-6-19(26)14-21(23)22-16-28(12-10-24(22)29)13-11-25(2,3)30/h4-9,14-15,30H,10-13,16H2,1-3H3/b17-15+. The summed E-state index contributed by atoms with van der Waals surface area (Å²) in [5, 5.41) is 12.0. The van der Waals surface area contributed by atoms with Gasteiger partial charge in [-0.1, -0.05) is 23.7 Å². The molecule has 1 N–H and O–H groups in total. The van der Waals surface area contributed by atoms with Crippen LogP contribution in [-0.4, -0.2) is 33.3 Å². The van der Waals surface area contributed by atoms with Gasteiger partial charge in [-0.25, -0.2) is 4.39 Å². The fourth-order valence-corrected chi connectivity index (χ4v) is 4.34. The van der Waals surface area contributed by atoms with Crippen LogP contribution in [0.4, 0.5) is 4.39 Å². The Kier molecular flexibility index (Phi) is 5.75. The lowest BCUT2D eigenvalue weighted by atomic mass is 10.0. The third kappa shape index (κ3) is 4.46. The molecule has 0 bridgehead atoms. The second-order valence-electron chi connectivity index (χ2n) is 8.86. The number of hydrogen-bond acceptors (Lipinski definition) is 2. The number of aromatic nitrogens is 1. The molecule has 0 radical (unpaired) electrons. The van der Waals surface area contributed by atoms with Crippen LogP contribution < -0.4 is 0 Å². The summed E-state index contributed by atoms with van der Waals surface area (Å²) in [4.78, 5) is 2.40. The molecule has 0 atom stereocenters. The molecule has 0 fully saturated rings. The zero-order valence-corrected chi connectivity index (χ0v) is 18.5. The van der Waals surface area contributed by atoms with E-state index in [4.69, 9.17) is 11.6 Å². The van der Waals surface area contributed by atoms with Crippen molar-refractivity contribution in [3.05, 3.63) is 70.1 Å². The van der Waals surface area contributed by atoms with Crippen molar-refractivity contribution in [2.75, 3.05) is 13.1 Å². The minimum absolute atomic E-state index is 0.226. The first-order valence-electron chi connectivity index (χ1n) is 10.4. The third-order valence-electron chi connectivity index (χ3n) is 5.89. The Morgan fingerprint density at radius 3 is 2.63 bits per heavy atom. The van der Waals surface area contributed by atoms with E-state index in [0.29, 0.717) is 0 Å². The van der Waals surface area contributed by atoms with Gasteiger partial charge in [-0.15, -0.1) is 0 Å². The second-order valence-corrected chi connectivity index (χ2v) is 9.30. The summed E-state index contributed by atoms with van der Waals surface area (Å²) in [6.07, 6.45) is 3.82. The number of benzene rings is 2. The summed E-state index contributed by atoms with van der Waals surface area (Å²) in [5.74, 6) is -0.226. The molecule has 2 aromatic carbocycles. The molecule has 0 unspecified atom stereocenters. The Labute approximate surface area is 182 Å². The first-order chi connectivity index (χ1) is 14.2. The molecule has 3 nitrogen and oxygen atoms in total.